The summed E-state index contributed by atoms with van der Waals surface area (Å²) in [6.07, 6.45) is 0.835. The van der Waals surface area contributed by atoms with E-state index in [1.54, 1.807) is 7.11 Å². The molecule has 0 heterocycles. The van der Waals surface area contributed by atoms with Crippen LogP contribution >= 0.6 is 0 Å². The van der Waals surface area contributed by atoms with Crippen LogP contribution in [0, 0.1) is 5.92 Å². The highest BCUT2D eigenvalue weighted by molar-refractivity contribution is 5.83. The van der Waals surface area contributed by atoms with Gasteiger partial charge in [-0.3, -0.25) is 4.79 Å². The van der Waals surface area contributed by atoms with Gasteiger partial charge in [-0.2, -0.15) is 0 Å². The molecule has 0 radical (unpaired) electrons. The first-order valence-corrected chi connectivity index (χ1v) is 8.06. The van der Waals surface area contributed by atoms with Crippen LogP contribution in [0.4, 0.5) is 0 Å². The molecule has 1 atom stereocenters. The zero-order valence-electron chi connectivity index (χ0n) is 14.1. The van der Waals surface area contributed by atoms with Crippen LogP contribution in [0.3, 0.4) is 0 Å². The largest absolute Gasteiger partial charge is 0.496 e. The number of benzene rings is 2. The summed E-state index contributed by atoms with van der Waals surface area (Å²) in [6.45, 7) is 4.76. The standard InChI is InChI=1S/C20H25NO2/c1-15(2)13-18(16-9-5-4-6-10-16)20(22)21-14-17-11-7-8-12-19(17)23-3/h4-12,15,18H,13-14H2,1-3H3,(H,21,22). The van der Waals surface area contributed by atoms with E-state index in [1.165, 1.54) is 0 Å². The van der Waals surface area contributed by atoms with Crippen molar-refractivity contribution in [2.24, 2.45) is 5.92 Å². The molecule has 0 aliphatic carbocycles. The van der Waals surface area contributed by atoms with Crippen molar-refractivity contribution in [3.8, 4) is 5.75 Å². The van der Waals surface area contributed by atoms with E-state index in [0.29, 0.717) is 12.5 Å². The van der Waals surface area contributed by atoms with Gasteiger partial charge in [-0.1, -0.05) is 62.4 Å². The van der Waals surface area contributed by atoms with Crippen molar-refractivity contribution in [1.82, 2.24) is 5.32 Å². The van der Waals surface area contributed by atoms with Crippen LogP contribution < -0.4 is 10.1 Å². The lowest BCUT2D eigenvalue weighted by molar-refractivity contribution is -0.123. The number of methoxy groups -OCH3 is 1. The fourth-order valence-corrected chi connectivity index (χ4v) is 2.71. The fourth-order valence-electron chi connectivity index (χ4n) is 2.71. The van der Waals surface area contributed by atoms with Crippen LogP contribution in [-0.4, -0.2) is 13.0 Å². The molecule has 0 spiro atoms. The first-order valence-electron chi connectivity index (χ1n) is 8.06. The lowest BCUT2D eigenvalue weighted by Crippen LogP contribution is -2.30. The van der Waals surface area contributed by atoms with Gasteiger partial charge >= 0.3 is 0 Å². The Balaban J connectivity index is 2.09. The van der Waals surface area contributed by atoms with Gasteiger partial charge in [0.2, 0.25) is 5.91 Å². The molecule has 0 aliphatic rings. The molecule has 3 heteroatoms. The van der Waals surface area contributed by atoms with E-state index in [4.69, 9.17) is 4.74 Å². The SMILES string of the molecule is COc1ccccc1CNC(=O)C(CC(C)C)c1ccccc1. The van der Waals surface area contributed by atoms with Crippen molar-refractivity contribution in [1.29, 1.82) is 0 Å². The molecule has 3 nitrogen and oxygen atoms in total. The van der Waals surface area contributed by atoms with Crippen LogP contribution in [0.2, 0.25) is 0 Å². The molecule has 0 bridgehead atoms. The lowest BCUT2D eigenvalue weighted by atomic mass is 9.89. The van der Waals surface area contributed by atoms with Crippen molar-refractivity contribution < 1.29 is 9.53 Å². The van der Waals surface area contributed by atoms with Gasteiger partial charge in [-0.05, 0) is 24.0 Å². The Kier molecular flexibility index (Phi) is 6.21. The summed E-state index contributed by atoms with van der Waals surface area (Å²) in [7, 11) is 1.65. The van der Waals surface area contributed by atoms with Gasteiger partial charge in [0, 0.05) is 12.1 Å². The van der Waals surface area contributed by atoms with Crippen molar-refractivity contribution in [3.05, 3.63) is 65.7 Å². The molecule has 2 aromatic rings. The second kappa shape index (κ2) is 8.37. The predicted molar refractivity (Wildman–Crippen MR) is 93.5 cm³/mol. The Morgan fingerprint density at radius 2 is 1.70 bits per heavy atom. The van der Waals surface area contributed by atoms with Gasteiger partial charge in [0.05, 0.1) is 13.0 Å². The summed E-state index contributed by atoms with van der Waals surface area (Å²) in [6, 6.07) is 17.7. The van der Waals surface area contributed by atoms with Gasteiger partial charge in [0.1, 0.15) is 5.75 Å². The zero-order chi connectivity index (χ0) is 16.7. The highest BCUT2D eigenvalue weighted by atomic mass is 16.5. The van der Waals surface area contributed by atoms with Gasteiger partial charge in [0.25, 0.3) is 0 Å². The highest BCUT2D eigenvalue weighted by Crippen LogP contribution is 2.24. The van der Waals surface area contributed by atoms with Crippen molar-refractivity contribution in [2.45, 2.75) is 32.7 Å². The third kappa shape index (κ3) is 4.85. The molecule has 0 saturated carbocycles. The van der Waals surface area contributed by atoms with Crippen LogP contribution in [0.15, 0.2) is 54.6 Å². The minimum absolute atomic E-state index is 0.0656. The lowest BCUT2D eigenvalue weighted by Gasteiger charge is -2.19. The van der Waals surface area contributed by atoms with E-state index < -0.39 is 0 Å². The molecular weight excluding hydrogens is 286 g/mol. The number of ether oxygens (including phenoxy) is 1. The molecule has 0 saturated heterocycles. The van der Waals surface area contributed by atoms with E-state index in [2.05, 4.69) is 19.2 Å². The Labute approximate surface area is 138 Å². The number of carbonyl (C=O) groups is 1. The van der Waals surface area contributed by atoms with Crippen LogP contribution in [0.25, 0.3) is 0 Å². The summed E-state index contributed by atoms with van der Waals surface area (Å²) >= 11 is 0. The van der Waals surface area contributed by atoms with E-state index in [0.717, 1.165) is 23.3 Å². The topological polar surface area (TPSA) is 38.3 Å². The summed E-state index contributed by atoms with van der Waals surface area (Å²) < 4.78 is 5.34. The predicted octanol–water partition coefficient (Wildman–Crippen LogP) is 4.14. The van der Waals surface area contributed by atoms with E-state index in [1.807, 2.05) is 54.6 Å². The first-order chi connectivity index (χ1) is 11.1. The molecule has 23 heavy (non-hydrogen) atoms. The summed E-state index contributed by atoms with van der Waals surface area (Å²) in [4.78, 5) is 12.7. The van der Waals surface area contributed by atoms with E-state index in [-0.39, 0.29) is 11.8 Å². The molecule has 1 amide bonds. The number of amides is 1. The van der Waals surface area contributed by atoms with E-state index in [9.17, 15) is 4.79 Å². The molecule has 1 unspecified atom stereocenters. The van der Waals surface area contributed by atoms with Crippen molar-refractivity contribution >= 4 is 5.91 Å². The number of rotatable bonds is 7. The van der Waals surface area contributed by atoms with E-state index >= 15 is 0 Å². The second-order valence-electron chi connectivity index (χ2n) is 6.12. The molecule has 122 valence electrons. The van der Waals surface area contributed by atoms with Crippen LogP contribution in [0.1, 0.15) is 37.3 Å². The quantitative estimate of drug-likeness (QED) is 0.834. The molecule has 1 N–H and O–H groups in total. The number of nitrogens with one attached hydrogen (secondary N) is 1. The Hall–Kier alpha value is -2.29. The maximum absolute atomic E-state index is 12.7. The molecule has 0 fully saturated rings. The highest BCUT2D eigenvalue weighted by Gasteiger charge is 2.21. The van der Waals surface area contributed by atoms with Crippen molar-refractivity contribution in [3.63, 3.8) is 0 Å². The Morgan fingerprint density at radius 3 is 2.35 bits per heavy atom. The number of hydrogen-bond donors (Lipinski definition) is 1. The summed E-state index contributed by atoms with van der Waals surface area (Å²) in [5, 5.41) is 3.06. The van der Waals surface area contributed by atoms with Crippen molar-refractivity contribution in [2.75, 3.05) is 7.11 Å². The molecule has 0 aromatic heterocycles. The maximum Gasteiger partial charge on any atom is 0.227 e. The smallest absolute Gasteiger partial charge is 0.227 e. The number of para-hydroxylation sites is 1. The third-order valence-electron chi connectivity index (χ3n) is 3.87. The summed E-state index contributed by atoms with van der Waals surface area (Å²) in [5.74, 6) is 1.20. The molecule has 2 aromatic carbocycles. The first kappa shape index (κ1) is 17.1. The maximum atomic E-state index is 12.7. The molecule has 0 aliphatic heterocycles. The monoisotopic (exact) mass is 311 g/mol. The van der Waals surface area contributed by atoms with Crippen LogP contribution in [0.5, 0.6) is 5.75 Å². The normalized spacial score (nSPS) is 12.0. The fraction of sp³-hybridized carbons (Fsp3) is 0.350. The Bertz CT molecular complexity index is 623. The summed E-state index contributed by atoms with van der Waals surface area (Å²) in [5.41, 5.74) is 2.05. The molecule has 2 rings (SSSR count). The van der Waals surface area contributed by atoms with Gasteiger partial charge in [-0.25, -0.2) is 0 Å². The Morgan fingerprint density at radius 1 is 1.04 bits per heavy atom. The number of hydrogen-bond acceptors (Lipinski definition) is 2. The zero-order valence-corrected chi connectivity index (χ0v) is 14.1. The minimum Gasteiger partial charge on any atom is -0.496 e. The average Bonchev–Trinajstić information content (AvgIpc) is 2.58. The van der Waals surface area contributed by atoms with Crippen LogP contribution in [-0.2, 0) is 11.3 Å². The second-order valence-corrected chi connectivity index (χ2v) is 6.12. The van der Waals surface area contributed by atoms with Gasteiger partial charge in [0.15, 0.2) is 0 Å². The average molecular weight is 311 g/mol. The minimum atomic E-state index is -0.120. The molecular formula is C20H25NO2. The third-order valence-corrected chi connectivity index (χ3v) is 3.87. The van der Waals surface area contributed by atoms with Gasteiger partial charge in [-0.15, -0.1) is 0 Å². The number of carbonyl (C=O) groups excluding carboxylic acids is 1. The van der Waals surface area contributed by atoms with Gasteiger partial charge < -0.3 is 10.1 Å².